The van der Waals surface area contributed by atoms with Crippen LogP contribution in [0, 0.1) is 0 Å². The highest BCUT2D eigenvalue weighted by Gasteiger charge is 2.39. The Morgan fingerprint density at radius 3 is 3.10 bits per heavy atom. The van der Waals surface area contributed by atoms with Gasteiger partial charge in [-0.2, -0.15) is 0 Å². The molecule has 1 aromatic carbocycles. The molecular weight excluding hydrogens is 268 g/mol. The molecule has 0 saturated carbocycles. The number of fused-ring (bicyclic) bond motifs is 1. The van der Waals surface area contributed by atoms with Crippen LogP contribution in [0.25, 0.3) is 0 Å². The van der Waals surface area contributed by atoms with Crippen molar-refractivity contribution >= 4 is 5.78 Å². The van der Waals surface area contributed by atoms with Crippen molar-refractivity contribution in [3.05, 3.63) is 53.6 Å². The molecule has 0 aliphatic carbocycles. The molecule has 3 rings (SSSR count). The van der Waals surface area contributed by atoms with Crippen molar-refractivity contribution in [3.63, 3.8) is 0 Å². The maximum atomic E-state index is 11.2. The molecule has 5 heteroatoms. The number of hydrogen-bond acceptors (Lipinski definition) is 4. The highest BCUT2D eigenvalue weighted by atomic mass is 16.3. The monoisotopic (exact) mass is 286 g/mol. The lowest BCUT2D eigenvalue weighted by molar-refractivity contribution is -0.121. The quantitative estimate of drug-likeness (QED) is 0.860. The van der Waals surface area contributed by atoms with Crippen LogP contribution < -0.4 is 0 Å². The Hall–Kier alpha value is -1.98. The van der Waals surface area contributed by atoms with E-state index >= 15 is 0 Å². The number of aryl methyl sites for hydroxylation is 2. The van der Waals surface area contributed by atoms with Gasteiger partial charge in [0.15, 0.2) is 5.78 Å². The number of rotatable bonds is 5. The maximum absolute atomic E-state index is 11.2. The van der Waals surface area contributed by atoms with Crippen LogP contribution in [0.3, 0.4) is 0 Å². The Morgan fingerprint density at radius 2 is 2.29 bits per heavy atom. The molecule has 1 aliphatic heterocycles. The molecule has 0 spiro atoms. The van der Waals surface area contributed by atoms with E-state index in [1.165, 1.54) is 0 Å². The molecule has 0 fully saturated rings. The lowest BCUT2D eigenvalue weighted by atomic mass is 9.88. The fourth-order valence-electron chi connectivity index (χ4n) is 2.89. The topological polar surface area (TPSA) is 75.3 Å². The van der Waals surface area contributed by atoms with E-state index in [1.807, 2.05) is 28.8 Å². The molecule has 1 aliphatic rings. The van der Waals surface area contributed by atoms with E-state index in [1.54, 1.807) is 12.5 Å². The minimum absolute atomic E-state index is 0.168. The minimum atomic E-state index is -1.01. The smallest absolute Gasteiger partial charge is 0.158 e. The Labute approximate surface area is 122 Å². The number of nitrogens with zero attached hydrogens (tertiary/aromatic N) is 2. The predicted molar refractivity (Wildman–Crippen MR) is 76.7 cm³/mol. The van der Waals surface area contributed by atoms with Crippen LogP contribution >= 0.6 is 0 Å². The van der Waals surface area contributed by atoms with Crippen molar-refractivity contribution in [2.24, 2.45) is 0 Å². The number of aromatic nitrogens is 2. The second-order valence-corrected chi connectivity index (χ2v) is 5.48. The van der Waals surface area contributed by atoms with Gasteiger partial charge in [0.2, 0.25) is 0 Å². The van der Waals surface area contributed by atoms with E-state index in [4.69, 9.17) is 5.11 Å². The number of aliphatic hydroxyl groups is 2. The number of hydrogen-bond donors (Lipinski definition) is 2. The van der Waals surface area contributed by atoms with Crippen LogP contribution in [0.1, 0.15) is 29.7 Å². The molecule has 1 unspecified atom stereocenters. The van der Waals surface area contributed by atoms with Gasteiger partial charge in [0.1, 0.15) is 12.2 Å². The molecule has 2 N–H and O–H groups in total. The van der Waals surface area contributed by atoms with Crippen molar-refractivity contribution in [1.82, 2.24) is 9.55 Å². The number of ketones is 1. The third kappa shape index (κ3) is 2.50. The summed E-state index contributed by atoms with van der Waals surface area (Å²) in [6.07, 6.45) is 4.95. The molecule has 0 amide bonds. The zero-order chi connectivity index (χ0) is 14.9. The van der Waals surface area contributed by atoms with Gasteiger partial charge in [0.05, 0.1) is 18.2 Å². The number of Topliss-reactive ketones (excluding diaryl/α,β-unsaturated/α-hetero) is 1. The largest absolute Gasteiger partial charge is 0.389 e. The van der Waals surface area contributed by atoms with Gasteiger partial charge in [0, 0.05) is 19.4 Å². The molecule has 0 radical (unpaired) electrons. The van der Waals surface area contributed by atoms with Crippen LogP contribution in [0.15, 0.2) is 36.8 Å². The molecule has 21 heavy (non-hydrogen) atoms. The average Bonchev–Trinajstić information content (AvgIpc) is 3.10. The maximum Gasteiger partial charge on any atom is 0.158 e. The Morgan fingerprint density at radius 1 is 1.43 bits per heavy atom. The van der Waals surface area contributed by atoms with E-state index in [9.17, 15) is 9.90 Å². The Balaban J connectivity index is 1.85. The van der Waals surface area contributed by atoms with Crippen molar-refractivity contribution < 1.29 is 15.0 Å². The standard InChI is InChI=1S/C16H18N2O3/c19-10-14(20)5-4-12-2-1-3-13(8-12)16(21)6-7-18-11-17-9-15(16)18/h1-3,8-9,11,19,21H,4-7,10H2. The van der Waals surface area contributed by atoms with Crippen LogP contribution in [0.5, 0.6) is 0 Å². The SMILES string of the molecule is O=C(CO)CCc1cccc(C2(O)CCn3cncc32)c1. The number of imidazole rings is 1. The van der Waals surface area contributed by atoms with Gasteiger partial charge >= 0.3 is 0 Å². The summed E-state index contributed by atoms with van der Waals surface area (Å²) in [5, 5.41) is 19.8. The van der Waals surface area contributed by atoms with E-state index in [2.05, 4.69) is 4.98 Å². The molecular formula is C16H18N2O3. The molecule has 0 bridgehead atoms. The molecule has 5 nitrogen and oxygen atoms in total. The Kier molecular flexibility index (Phi) is 3.61. The zero-order valence-electron chi connectivity index (χ0n) is 11.7. The van der Waals surface area contributed by atoms with Gasteiger partial charge < -0.3 is 14.8 Å². The summed E-state index contributed by atoms with van der Waals surface area (Å²) in [7, 11) is 0. The highest BCUT2D eigenvalue weighted by Crippen LogP contribution is 2.38. The summed E-state index contributed by atoms with van der Waals surface area (Å²) in [5.41, 5.74) is 1.62. The summed E-state index contributed by atoms with van der Waals surface area (Å²) >= 11 is 0. The second kappa shape index (κ2) is 5.42. The van der Waals surface area contributed by atoms with E-state index in [-0.39, 0.29) is 5.78 Å². The van der Waals surface area contributed by atoms with E-state index in [0.717, 1.165) is 23.4 Å². The number of benzene rings is 1. The molecule has 2 aromatic rings. The lowest BCUT2D eigenvalue weighted by Gasteiger charge is -2.23. The first-order valence-corrected chi connectivity index (χ1v) is 7.08. The first kappa shape index (κ1) is 14.0. The van der Waals surface area contributed by atoms with Gasteiger partial charge in [-0.15, -0.1) is 0 Å². The van der Waals surface area contributed by atoms with Gasteiger partial charge in [0.25, 0.3) is 0 Å². The van der Waals surface area contributed by atoms with Gasteiger partial charge in [-0.25, -0.2) is 4.98 Å². The van der Waals surface area contributed by atoms with Crippen LogP contribution in [-0.4, -0.2) is 32.2 Å². The Bertz CT molecular complexity index is 665. The van der Waals surface area contributed by atoms with Crippen LogP contribution in [0.4, 0.5) is 0 Å². The van der Waals surface area contributed by atoms with E-state index < -0.39 is 12.2 Å². The van der Waals surface area contributed by atoms with Gasteiger partial charge in [-0.05, 0) is 17.5 Å². The molecule has 0 saturated heterocycles. The van der Waals surface area contributed by atoms with Gasteiger partial charge in [-0.1, -0.05) is 24.3 Å². The summed E-state index contributed by atoms with van der Waals surface area (Å²) in [4.78, 5) is 15.3. The second-order valence-electron chi connectivity index (χ2n) is 5.48. The van der Waals surface area contributed by atoms with Crippen molar-refractivity contribution in [1.29, 1.82) is 0 Å². The van der Waals surface area contributed by atoms with Crippen molar-refractivity contribution in [3.8, 4) is 0 Å². The predicted octanol–water partition coefficient (Wildman–Crippen LogP) is 1.02. The van der Waals surface area contributed by atoms with Gasteiger partial charge in [-0.3, -0.25) is 4.79 Å². The third-order valence-electron chi connectivity index (χ3n) is 4.12. The number of carbonyl (C=O) groups is 1. The molecule has 1 aromatic heterocycles. The summed E-state index contributed by atoms with van der Waals surface area (Å²) in [6.45, 7) is 0.335. The first-order valence-electron chi connectivity index (χ1n) is 7.08. The fourth-order valence-corrected chi connectivity index (χ4v) is 2.89. The average molecular weight is 286 g/mol. The van der Waals surface area contributed by atoms with E-state index in [0.29, 0.717) is 19.3 Å². The lowest BCUT2D eigenvalue weighted by Crippen LogP contribution is -2.24. The van der Waals surface area contributed by atoms with Crippen LogP contribution in [-0.2, 0) is 23.4 Å². The summed E-state index contributed by atoms with van der Waals surface area (Å²) in [5.74, 6) is -0.168. The third-order valence-corrected chi connectivity index (χ3v) is 4.12. The first-order chi connectivity index (χ1) is 10.1. The molecule has 2 heterocycles. The fraction of sp³-hybridized carbons (Fsp3) is 0.375. The molecule has 110 valence electrons. The van der Waals surface area contributed by atoms with Crippen molar-refractivity contribution in [2.45, 2.75) is 31.4 Å². The number of aliphatic hydroxyl groups excluding tert-OH is 1. The molecule has 1 atom stereocenters. The summed E-state index contributed by atoms with van der Waals surface area (Å²) in [6, 6.07) is 7.67. The minimum Gasteiger partial charge on any atom is -0.389 e. The highest BCUT2D eigenvalue weighted by molar-refractivity contribution is 5.79. The van der Waals surface area contributed by atoms with Crippen LogP contribution in [0.2, 0.25) is 0 Å². The summed E-state index contributed by atoms with van der Waals surface area (Å²) < 4.78 is 1.96. The number of carbonyl (C=O) groups excluding carboxylic acids is 1. The zero-order valence-corrected chi connectivity index (χ0v) is 11.7. The van der Waals surface area contributed by atoms with Crippen molar-refractivity contribution in [2.75, 3.05) is 6.61 Å². The normalized spacial score (nSPS) is 20.5.